The van der Waals surface area contributed by atoms with Crippen molar-refractivity contribution in [2.24, 2.45) is 5.92 Å². The molecule has 19 heavy (non-hydrogen) atoms. The molecule has 106 valence electrons. The molecule has 0 bridgehead atoms. The average molecular weight is 263 g/mol. The predicted octanol–water partition coefficient (Wildman–Crippen LogP) is 2.45. The van der Waals surface area contributed by atoms with Gasteiger partial charge in [-0.25, -0.2) is 0 Å². The van der Waals surface area contributed by atoms with Crippen molar-refractivity contribution in [3.8, 4) is 0 Å². The van der Waals surface area contributed by atoms with Crippen molar-refractivity contribution in [3.63, 3.8) is 0 Å². The zero-order valence-electron chi connectivity index (χ0n) is 12.0. The lowest BCUT2D eigenvalue weighted by Crippen LogP contribution is -2.31. The van der Waals surface area contributed by atoms with Crippen molar-refractivity contribution in [2.75, 3.05) is 13.2 Å². The van der Waals surface area contributed by atoms with E-state index in [1.807, 2.05) is 31.2 Å². The highest BCUT2D eigenvalue weighted by Gasteiger charge is 2.10. The highest BCUT2D eigenvalue weighted by Crippen LogP contribution is 2.10. The number of rotatable bonds is 8. The number of hydrogen-bond acceptors (Lipinski definition) is 2. The molecule has 0 aliphatic rings. The third-order valence-electron chi connectivity index (χ3n) is 3.43. The van der Waals surface area contributed by atoms with Crippen LogP contribution < -0.4 is 5.32 Å². The summed E-state index contributed by atoms with van der Waals surface area (Å²) in [6.45, 7) is 5.01. The maximum Gasteiger partial charge on any atom is 0.224 e. The zero-order valence-corrected chi connectivity index (χ0v) is 12.0. The second-order valence-corrected chi connectivity index (χ2v) is 5.07. The summed E-state index contributed by atoms with van der Waals surface area (Å²) in [6, 6.07) is 7.96. The van der Waals surface area contributed by atoms with E-state index in [1.165, 1.54) is 0 Å². The first kappa shape index (κ1) is 15.7. The summed E-state index contributed by atoms with van der Waals surface area (Å²) in [5.74, 6) is 0.448. The van der Waals surface area contributed by atoms with Gasteiger partial charge in [-0.3, -0.25) is 4.79 Å². The second kappa shape index (κ2) is 8.70. The minimum absolute atomic E-state index is 0.0633. The van der Waals surface area contributed by atoms with Crippen LogP contribution in [-0.2, 0) is 11.2 Å². The Bertz CT molecular complexity index is 384. The molecule has 1 rings (SSSR count). The largest absolute Gasteiger partial charge is 0.396 e. The molecule has 0 heterocycles. The Labute approximate surface area is 116 Å². The van der Waals surface area contributed by atoms with Crippen LogP contribution in [0.25, 0.3) is 0 Å². The molecule has 1 atom stereocenters. The van der Waals surface area contributed by atoms with E-state index in [0.717, 1.165) is 30.4 Å². The van der Waals surface area contributed by atoms with Crippen LogP contribution in [0.2, 0.25) is 0 Å². The maximum absolute atomic E-state index is 11.9. The quantitative estimate of drug-likeness (QED) is 0.757. The molecule has 1 amide bonds. The van der Waals surface area contributed by atoms with Gasteiger partial charge >= 0.3 is 0 Å². The molecule has 1 aromatic rings. The van der Waals surface area contributed by atoms with Crippen molar-refractivity contribution in [1.82, 2.24) is 5.32 Å². The van der Waals surface area contributed by atoms with Crippen molar-refractivity contribution in [2.45, 2.75) is 39.5 Å². The Morgan fingerprint density at radius 2 is 2.05 bits per heavy atom. The molecule has 1 unspecified atom stereocenters. The van der Waals surface area contributed by atoms with Crippen LogP contribution >= 0.6 is 0 Å². The van der Waals surface area contributed by atoms with Gasteiger partial charge in [0.15, 0.2) is 0 Å². The van der Waals surface area contributed by atoms with Crippen LogP contribution in [-0.4, -0.2) is 24.2 Å². The normalized spacial score (nSPS) is 12.2. The van der Waals surface area contributed by atoms with E-state index in [1.54, 1.807) is 0 Å². The van der Waals surface area contributed by atoms with Crippen molar-refractivity contribution >= 4 is 5.91 Å². The van der Waals surface area contributed by atoms with Crippen LogP contribution in [0, 0.1) is 12.8 Å². The lowest BCUT2D eigenvalue weighted by Gasteiger charge is -2.16. The van der Waals surface area contributed by atoms with E-state index in [-0.39, 0.29) is 12.5 Å². The smallest absolute Gasteiger partial charge is 0.224 e. The molecule has 0 saturated carbocycles. The summed E-state index contributed by atoms with van der Waals surface area (Å²) in [6.07, 6.45) is 3.33. The van der Waals surface area contributed by atoms with E-state index >= 15 is 0 Å². The SMILES string of the molecule is CCCC(CCO)CNC(=O)Cc1ccccc1C. The standard InChI is InChI=1S/C16H25NO2/c1-3-6-14(9-10-18)12-17-16(19)11-15-8-5-4-7-13(15)2/h4-5,7-8,14,18H,3,6,9-12H2,1-2H3,(H,17,19). The van der Waals surface area contributed by atoms with Crippen LogP contribution in [0.3, 0.4) is 0 Å². The fourth-order valence-electron chi connectivity index (χ4n) is 2.24. The average Bonchev–Trinajstić information content (AvgIpc) is 2.39. The third-order valence-corrected chi connectivity index (χ3v) is 3.43. The van der Waals surface area contributed by atoms with Crippen LogP contribution in [0.15, 0.2) is 24.3 Å². The van der Waals surface area contributed by atoms with Gasteiger partial charge in [0.2, 0.25) is 5.91 Å². The Morgan fingerprint density at radius 1 is 1.32 bits per heavy atom. The number of carbonyl (C=O) groups is 1. The first-order valence-electron chi connectivity index (χ1n) is 7.09. The molecular formula is C16H25NO2. The van der Waals surface area contributed by atoms with Gasteiger partial charge in [0.05, 0.1) is 6.42 Å². The van der Waals surface area contributed by atoms with E-state index in [9.17, 15) is 4.79 Å². The number of aryl methyl sites for hydroxylation is 1. The molecule has 0 aliphatic heterocycles. The summed E-state index contributed by atoms with van der Waals surface area (Å²) in [5, 5.41) is 12.0. The molecule has 2 N–H and O–H groups in total. The van der Waals surface area contributed by atoms with E-state index in [4.69, 9.17) is 5.11 Å². The lowest BCUT2D eigenvalue weighted by molar-refractivity contribution is -0.120. The van der Waals surface area contributed by atoms with E-state index in [2.05, 4.69) is 12.2 Å². The van der Waals surface area contributed by atoms with Gasteiger partial charge in [0.25, 0.3) is 0 Å². The molecule has 0 aromatic heterocycles. The molecular weight excluding hydrogens is 238 g/mol. The topological polar surface area (TPSA) is 49.3 Å². The van der Waals surface area contributed by atoms with Gasteiger partial charge in [-0.05, 0) is 36.8 Å². The molecule has 0 saturated heterocycles. The Hall–Kier alpha value is -1.35. The number of aliphatic hydroxyl groups excluding tert-OH is 1. The van der Waals surface area contributed by atoms with Gasteiger partial charge in [-0.1, -0.05) is 37.6 Å². The first-order valence-corrected chi connectivity index (χ1v) is 7.09. The number of aliphatic hydroxyl groups is 1. The number of nitrogens with one attached hydrogen (secondary N) is 1. The van der Waals surface area contributed by atoms with E-state index in [0.29, 0.717) is 18.9 Å². The summed E-state index contributed by atoms with van der Waals surface area (Å²) >= 11 is 0. The molecule has 0 spiro atoms. The van der Waals surface area contributed by atoms with E-state index < -0.39 is 0 Å². The van der Waals surface area contributed by atoms with Crippen molar-refractivity contribution < 1.29 is 9.90 Å². The van der Waals surface area contributed by atoms with Crippen LogP contribution in [0.1, 0.15) is 37.3 Å². The minimum atomic E-state index is 0.0633. The summed E-state index contributed by atoms with van der Waals surface area (Å²) < 4.78 is 0. The maximum atomic E-state index is 11.9. The zero-order chi connectivity index (χ0) is 14.1. The minimum Gasteiger partial charge on any atom is -0.396 e. The summed E-state index contributed by atoms with van der Waals surface area (Å²) in [4.78, 5) is 11.9. The van der Waals surface area contributed by atoms with Gasteiger partial charge in [0, 0.05) is 13.2 Å². The summed E-state index contributed by atoms with van der Waals surface area (Å²) in [7, 11) is 0. The molecule has 1 aromatic carbocycles. The lowest BCUT2D eigenvalue weighted by atomic mass is 10.00. The fraction of sp³-hybridized carbons (Fsp3) is 0.562. The van der Waals surface area contributed by atoms with Crippen molar-refractivity contribution in [1.29, 1.82) is 0 Å². The molecule has 3 heteroatoms. The van der Waals surface area contributed by atoms with Crippen molar-refractivity contribution in [3.05, 3.63) is 35.4 Å². The second-order valence-electron chi connectivity index (χ2n) is 5.07. The first-order chi connectivity index (χ1) is 9.17. The van der Waals surface area contributed by atoms with Crippen LogP contribution in [0.5, 0.6) is 0 Å². The Balaban J connectivity index is 2.40. The molecule has 0 aliphatic carbocycles. The van der Waals surface area contributed by atoms with Gasteiger partial charge in [0.1, 0.15) is 0 Å². The van der Waals surface area contributed by atoms with Gasteiger partial charge in [-0.15, -0.1) is 0 Å². The summed E-state index contributed by atoms with van der Waals surface area (Å²) in [5.41, 5.74) is 2.23. The highest BCUT2D eigenvalue weighted by atomic mass is 16.3. The number of benzene rings is 1. The highest BCUT2D eigenvalue weighted by molar-refractivity contribution is 5.78. The number of hydrogen-bond donors (Lipinski definition) is 2. The van der Waals surface area contributed by atoms with Gasteiger partial charge < -0.3 is 10.4 Å². The third kappa shape index (κ3) is 5.88. The fourth-order valence-corrected chi connectivity index (χ4v) is 2.24. The molecule has 3 nitrogen and oxygen atoms in total. The number of amides is 1. The number of carbonyl (C=O) groups excluding carboxylic acids is 1. The molecule has 0 radical (unpaired) electrons. The predicted molar refractivity (Wildman–Crippen MR) is 78.0 cm³/mol. The van der Waals surface area contributed by atoms with Gasteiger partial charge in [-0.2, -0.15) is 0 Å². The Kier molecular flexibility index (Phi) is 7.19. The Morgan fingerprint density at radius 3 is 2.68 bits per heavy atom. The van der Waals surface area contributed by atoms with Crippen LogP contribution in [0.4, 0.5) is 0 Å². The molecule has 0 fully saturated rings. The monoisotopic (exact) mass is 263 g/mol.